The van der Waals surface area contributed by atoms with Gasteiger partial charge in [0.1, 0.15) is 0 Å². The first kappa shape index (κ1) is 14.0. The Labute approximate surface area is 112 Å². The van der Waals surface area contributed by atoms with Crippen LogP contribution in [0.1, 0.15) is 26.2 Å². The predicted molar refractivity (Wildman–Crippen MR) is 75.8 cm³/mol. The maximum absolute atomic E-state index is 11.9. The van der Waals surface area contributed by atoms with Crippen LogP contribution in [-0.4, -0.2) is 18.1 Å². The van der Waals surface area contributed by atoms with Crippen molar-refractivity contribution in [2.24, 2.45) is 0 Å². The molecule has 1 aromatic carbocycles. The van der Waals surface area contributed by atoms with Crippen LogP contribution < -0.4 is 0 Å². The van der Waals surface area contributed by atoms with Crippen molar-refractivity contribution >= 4 is 32.4 Å². The lowest BCUT2D eigenvalue weighted by atomic mass is 10.2. The molecule has 16 heavy (non-hydrogen) atoms. The Hall–Kier alpha value is -0.1000. The minimum absolute atomic E-state index is 0.264. The topological polar surface area (TPSA) is 34.1 Å². The van der Waals surface area contributed by atoms with E-state index in [0.717, 1.165) is 19.3 Å². The third-order valence-electron chi connectivity index (χ3n) is 2.37. The predicted octanol–water partition coefficient (Wildman–Crippen LogP) is 3.45. The summed E-state index contributed by atoms with van der Waals surface area (Å²) in [6, 6.07) is 8.68. The Morgan fingerprint density at radius 1 is 1.19 bits per heavy atom. The molecule has 1 atom stereocenters. The molecule has 0 radical (unpaired) electrons. The monoisotopic (exact) mass is 352 g/mol. The van der Waals surface area contributed by atoms with Gasteiger partial charge in [-0.3, -0.25) is 0 Å². The number of rotatable bonds is 6. The fraction of sp³-hybridized carbons (Fsp3) is 0.500. The molecule has 0 N–H and O–H groups in total. The Balaban J connectivity index is 2.48. The molecule has 0 fully saturated rings. The van der Waals surface area contributed by atoms with E-state index in [1.165, 1.54) is 0 Å². The lowest BCUT2D eigenvalue weighted by Crippen LogP contribution is -2.07. The van der Waals surface area contributed by atoms with Gasteiger partial charge in [0.25, 0.3) is 0 Å². The first-order valence-electron chi connectivity index (χ1n) is 5.44. The number of sulfone groups is 1. The minimum Gasteiger partial charge on any atom is -0.224 e. The minimum atomic E-state index is -3.06. The Kier molecular flexibility index (Phi) is 5.75. The van der Waals surface area contributed by atoms with Crippen LogP contribution in [0.4, 0.5) is 0 Å². The molecule has 0 heterocycles. The van der Waals surface area contributed by atoms with Crippen molar-refractivity contribution in [3.8, 4) is 0 Å². The molecule has 90 valence electrons. The summed E-state index contributed by atoms with van der Waals surface area (Å²) in [5.74, 6) is 0.264. The molecule has 0 spiro atoms. The molecule has 2 nitrogen and oxygen atoms in total. The van der Waals surface area contributed by atoms with Crippen LogP contribution in [0.25, 0.3) is 0 Å². The smallest absolute Gasteiger partial charge is 0.178 e. The second-order valence-electron chi connectivity index (χ2n) is 3.91. The van der Waals surface area contributed by atoms with Gasteiger partial charge in [0.05, 0.1) is 10.6 Å². The first-order chi connectivity index (χ1) is 7.52. The van der Waals surface area contributed by atoms with Gasteiger partial charge in [-0.2, -0.15) is 0 Å². The maximum atomic E-state index is 11.9. The summed E-state index contributed by atoms with van der Waals surface area (Å²) in [5.41, 5.74) is 0. The van der Waals surface area contributed by atoms with E-state index in [4.69, 9.17) is 0 Å². The molecular weight excluding hydrogens is 335 g/mol. The summed E-state index contributed by atoms with van der Waals surface area (Å²) >= 11 is 2.37. The summed E-state index contributed by atoms with van der Waals surface area (Å²) in [5, 5.41) is 0. The van der Waals surface area contributed by atoms with E-state index in [-0.39, 0.29) is 5.75 Å². The third-order valence-corrected chi connectivity index (χ3v) is 4.81. The molecule has 0 saturated carbocycles. The zero-order valence-corrected chi connectivity index (χ0v) is 12.4. The standard InChI is InChI=1S/C12H17IO2S/c1-11(13)7-5-6-10-16(14,15)12-8-3-2-4-9-12/h2-4,8-9,11H,5-7,10H2,1H3/t11-/m0/s1. The summed E-state index contributed by atoms with van der Waals surface area (Å²) in [6.45, 7) is 2.15. The van der Waals surface area contributed by atoms with Gasteiger partial charge < -0.3 is 0 Å². The number of hydrogen-bond acceptors (Lipinski definition) is 2. The van der Waals surface area contributed by atoms with Crippen LogP contribution in [0.15, 0.2) is 35.2 Å². The molecule has 0 unspecified atom stereocenters. The highest BCUT2D eigenvalue weighted by atomic mass is 127. The second-order valence-corrected chi connectivity index (χ2v) is 8.14. The zero-order chi connectivity index (χ0) is 12.0. The van der Waals surface area contributed by atoms with Gasteiger partial charge in [0, 0.05) is 3.92 Å². The first-order valence-corrected chi connectivity index (χ1v) is 8.34. The van der Waals surface area contributed by atoms with Crippen molar-refractivity contribution in [1.82, 2.24) is 0 Å². The molecule has 0 bridgehead atoms. The average molecular weight is 352 g/mol. The molecule has 0 aliphatic carbocycles. The molecule has 4 heteroatoms. The van der Waals surface area contributed by atoms with Crippen molar-refractivity contribution in [3.05, 3.63) is 30.3 Å². The number of halogens is 1. The normalized spacial score (nSPS) is 13.6. The molecule has 0 saturated heterocycles. The van der Waals surface area contributed by atoms with Crippen LogP contribution in [0.5, 0.6) is 0 Å². The van der Waals surface area contributed by atoms with Gasteiger partial charge in [-0.25, -0.2) is 8.42 Å². The van der Waals surface area contributed by atoms with Gasteiger partial charge in [-0.15, -0.1) is 0 Å². The van der Waals surface area contributed by atoms with Crippen LogP contribution >= 0.6 is 22.6 Å². The van der Waals surface area contributed by atoms with Gasteiger partial charge in [-0.1, -0.05) is 54.1 Å². The van der Waals surface area contributed by atoms with Crippen LogP contribution in [0, 0.1) is 0 Å². The molecule has 0 aromatic heterocycles. The van der Waals surface area contributed by atoms with Crippen LogP contribution in [0.3, 0.4) is 0 Å². The fourth-order valence-electron chi connectivity index (χ4n) is 1.46. The van der Waals surface area contributed by atoms with E-state index >= 15 is 0 Å². The van der Waals surface area contributed by atoms with E-state index in [2.05, 4.69) is 29.5 Å². The molecule has 1 rings (SSSR count). The summed E-state index contributed by atoms with van der Waals surface area (Å²) in [6.07, 6.45) is 2.83. The van der Waals surface area contributed by atoms with Crippen LogP contribution in [-0.2, 0) is 9.84 Å². The molecule has 0 amide bonds. The number of alkyl halides is 1. The molecule has 0 aliphatic rings. The average Bonchev–Trinajstić information content (AvgIpc) is 2.26. The Morgan fingerprint density at radius 2 is 1.81 bits per heavy atom. The second kappa shape index (κ2) is 6.59. The Bertz CT molecular complexity index is 398. The summed E-state index contributed by atoms with van der Waals surface area (Å²) in [7, 11) is -3.06. The van der Waals surface area contributed by atoms with Crippen LogP contribution in [0.2, 0.25) is 0 Å². The zero-order valence-electron chi connectivity index (χ0n) is 9.40. The van der Waals surface area contributed by atoms with E-state index in [1.54, 1.807) is 24.3 Å². The van der Waals surface area contributed by atoms with Gasteiger partial charge in [-0.05, 0) is 25.0 Å². The lowest BCUT2D eigenvalue weighted by molar-refractivity contribution is 0.590. The fourth-order valence-corrected chi connectivity index (χ4v) is 3.30. The van der Waals surface area contributed by atoms with Gasteiger partial charge in [0.2, 0.25) is 0 Å². The molecule has 0 aliphatic heterocycles. The molecular formula is C12H17IO2S. The van der Waals surface area contributed by atoms with Crippen molar-refractivity contribution in [2.75, 3.05) is 5.75 Å². The molecule has 1 aromatic rings. The highest BCUT2D eigenvalue weighted by molar-refractivity contribution is 14.1. The Morgan fingerprint density at radius 3 is 2.38 bits per heavy atom. The number of benzene rings is 1. The summed E-state index contributed by atoms with van der Waals surface area (Å²) in [4.78, 5) is 0.442. The van der Waals surface area contributed by atoms with Crippen molar-refractivity contribution < 1.29 is 8.42 Å². The van der Waals surface area contributed by atoms with Crippen molar-refractivity contribution in [1.29, 1.82) is 0 Å². The van der Waals surface area contributed by atoms with Gasteiger partial charge in [0.15, 0.2) is 9.84 Å². The van der Waals surface area contributed by atoms with Crippen molar-refractivity contribution in [3.63, 3.8) is 0 Å². The van der Waals surface area contributed by atoms with Gasteiger partial charge >= 0.3 is 0 Å². The maximum Gasteiger partial charge on any atom is 0.178 e. The van der Waals surface area contributed by atoms with E-state index in [9.17, 15) is 8.42 Å². The SMILES string of the molecule is C[C@H](I)CCCCS(=O)(=O)c1ccccc1. The quantitative estimate of drug-likeness (QED) is 0.446. The third kappa shape index (κ3) is 4.82. The number of hydrogen-bond donors (Lipinski definition) is 0. The van der Waals surface area contributed by atoms with E-state index < -0.39 is 9.84 Å². The lowest BCUT2D eigenvalue weighted by Gasteiger charge is -2.05. The van der Waals surface area contributed by atoms with E-state index in [0.29, 0.717) is 8.82 Å². The summed E-state index contributed by atoms with van der Waals surface area (Å²) < 4.78 is 24.4. The van der Waals surface area contributed by atoms with E-state index in [1.807, 2.05) is 6.07 Å². The largest absolute Gasteiger partial charge is 0.224 e. The highest BCUT2D eigenvalue weighted by Crippen LogP contribution is 2.14. The van der Waals surface area contributed by atoms with Crippen molar-refractivity contribution in [2.45, 2.75) is 35.0 Å². The number of unbranched alkanes of at least 4 members (excludes halogenated alkanes) is 1. The highest BCUT2D eigenvalue weighted by Gasteiger charge is 2.12.